The summed E-state index contributed by atoms with van der Waals surface area (Å²) in [6.45, 7) is 3.26. The molecule has 10 heteroatoms. The maximum atomic E-state index is 13.4. The number of ether oxygens (including phenoxy) is 1. The summed E-state index contributed by atoms with van der Waals surface area (Å²) in [5, 5.41) is 6.48. The van der Waals surface area contributed by atoms with Crippen LogP contribution < -0.4 is 15.4 Å². The molecular weight excluding hydrogens is 431 g/mol. The minimum atomic E-state index is -4.73. The lowest BCUT2D eigenvalue weighted by Crippen LogP contribution is -2.18. The van der Waals surface area contributed by atoms with E-state index >= 15 is 0 Å². The number of benzene rings is 2. The molecule has 0 fully saturated rings. The predicted octanol–water partition coefficient (Wildman–Crippen LogP) is 5.26. The first kappa shape index (κ1) is 22.3. The molecule has 0 spiro atoms. The number of anilines is 2. The van der Waals surface area contributed by atoms with Crippen molar-refractivity contribution in [2.45, 2.75) is 26.6 Å². The van der Waals surface area contributed by atoms with Crippen molar-refractivity contribution in [2.75, 3.05) is 10.6 Å². The largest absolute Gasteiger partial charge is 0.486 e. The molecule has 0 saturated heterocycles. The highest BCUT2D eigenvalue weighted by Crippen LogP contribution is 2.36. The number of hydrogen-bond donors (Lipinski definition) is 2. The van der Waals surface area contributed by atoms with Crippen LogP contribution >= 0.6 is 11.3 Å². The Bertz CT molecular complexity index is 1100. The molecule has 0 radical (unpaired) electrons. The first-order valence-corrected chi connectivity index (χ1v) is 9.94. The third-order valence-corrected chi connectivity index (χ3v) is 4.88. The molecule has 162 valence electrons. The van der Waals surface area contributed by atoms with Gasteiger partial charge >= 0.3 is 6.18 Å². The maximum absolute atomic E-state index is 13.4. The summed E-state index contributed by atoms with van der Waals surface area (Å²) in [7, 11) is 0. The van der Waals surface area contributed by atoms with Crippen LogP contribution in [0.25, 0.3) is 0 Å². The van der Waals surface area contributed by atoms with Crippen LogP contribution in [0.1, 0.15) is 33.5 Å². The lowest BCUT2D eigenvalue weighted by Gasteiger charge is -2.15. The van der Waals surface area contributed by atoms with E-state index in [0.29, 0.717) is 10.8 Å². The molecule has 3 aromatic rings. The van der Waals surface area contributed by atoms with Crippen LogP contribution in [-0.2, 0) is 17.6 Å². The SMILES string of the molecule is CC(=O)Nc1ccc(NC(=O)c2csc(COc3ccc(C)cc3)n2)c(C(F)(F)F)c1. The van der Waals surface area contributed by atoms with E-state index in [1.54, 1.807) is 12.1 Å². The molecule has 0 saturated carbocycles. The Morgan fingerprint density at radius 1 is 1.10 bits per heavy atom. The summed E-state index contributed by atoms with van der Waals surface area (Å²) in [5.41, 5.74) is -0.472. The topological polar surface area (TPSA) is 80.3 Å². The minimum Gasteiger partial charge on any atom is -0.486 e. The van der Waals surface area contributed by atoms with Crippen molar-refractivity contribution < 1.29 is 27.5 Å². The van der Waals surface area contributed by atoms with Gasteiger partial charge in [0.25, 0.3) is 5.91 Å². The van der Waals surface area contributed by atoms with Gasteiger partial charge in [0.15, 0.2) is 0 Å². The van der Waals surface area contributed by atoms with Gasteiger partial charge in [-0.3, -0.25) is 9.59 Å². The molecule has 0 bridgehead atoms. The van der Waals surface area contributed by atoms with E-state index in [-0.39, 0.29) is 18.0 Å². The zero-order chi connectivity index (χ0) is 22.6. The van der Waals surface area contributed by atoms with Gasteiger partial charge in [-0.2, -0.15) is 13.2 Å². The van der Waals surface area contributed by atoms with Crippen LogP contribution in [0.2, 0.25) is 0 Å². The number of aromatic nitrogens is 1. The summed E-state index contributed by atoms with van der Waals surface area (Å²) < 4.78 is 45.8. The lowest BCUT2D eigenvalue weighted by atomic mass is 10.1. The third kappa shape index (κ3) is 6.05. The molecule has 1 aromatic heterocycles. The number of aryl methyl sites for hydroxylation is 1. The molecule has 6 nitrogen and oxygen atoms in total. The van der Waals surface area contributed by atoms with Gasteiger partial charge in [0.2, 0.25) is 5.91 Å². The molecule has 0 aliphatic heterocycles. The third-order valence-electron chi connectivity index (χ3n) is 4.06. The van der Waals surface area contributed by atoms with Gasteiger partial charge in [-0.1, -0.05) is 17.7 Å². The van der Waals surface area contributed by atoms with Crippen molar-refractivity contribution in [3.8, 4) is 5.75 Å². The second-order valence-electron chi connectivity index (χ2n) is 6.62. The number of halogens is 3. The van der Waals surface area contributed by atoms with Crippen LogP contribution in [0, 0.1) is 6.92 Å². The molecule has 2 aromatic carbocycles. The Hall–Kier alpha value is -3.40. The van der Waals surface area contributed by atoms with Crippen LogP contribution in [0.15, 0.2) is 47.8 Å². The number of nitrogens with zero attached hydrogens (tertiary/aromatic N) is 1. The van der Waals surface area contributed by atoms with Crippen LogP contribution in [0.4, 0.5) is 24.5 Å². The highest BCUT2D eigenvalue weighted by molar-refractivity contribution is 7.09. The number of carbonyl (C=O) groups excluding carboxylic acids is 2. The Morgan fingerprint density at radius 2 is 1.81 bits per heavy atom. The molecule has 0 atom stereocenters. The Labute approximate surface area is 180 Å². The molecule has 0 aliphatic carbocycles. The van der Waals surface area contributed by atoms with E-state index in [4.69, 9.17) is 4.74 Å². The number of amides is 2. The first-order chi connectivity index (χ1) is 14.6. The fraction of sp³-hybridized carbons (Fsp3) is 0.190. The number of nitrogens with one attached hydrogen (secondary N) is 2. The summed E-state index contributed by atoms with van der Waals surface area (Å²) in [5.74, 6) is -0.649. The fourth-order valence-corrected chi connectivity index (χ4v) is 3.30. The van der Waals surface area contributed by atoms with E-state index in [1.165, 1.54) is 18.4 Å². The standard InChI is InChI=1S/C21H18F3N3O3S/c1-12-3-6-15(7-4-12)30-10-19-26-18(11-31-19)20(29)27-17-8-5-14(25-13(2)28)9-16(17)21(22,23)24/h3-9,11H,10H2,1-2H3,(H,25,28)(H,27,29). The summed E-state index contributed by atoms with van der Waals surface area (Å²) in [6, 6.07) is 10.5. The van der Waals surface area contributed by atoms with E-state index in [2.05, 4.69) is 15.6 Å². The molecule has 3 rings (SSSR count). The first-order valence-electron chi connectivity index (χ1n) is 9.06. The highest BCUT2D eigenvalue weighted by atomic mass is 32.1. The number of thiazole rings is 1. The predicted molar refractivity (Wildman–Crippen MR) is 111 cm³/mol. The minimum absolute atomic E-state index is 0.0217. The molecule has 1 heterocycles. The second-order valence-corrected chi connectivity index (χ2v) is 7.56. The summed E-state index contributed by atoms with van der Waals surface area (Å²) in [4.78, 5) is 27.7. The van der Waals surface area contributed by atoms with Crippen LogP contribution in [0.3, 0.4) is 0 Å². The lowest BCUT2D eigenvalue weighted by molar-refractivity contribution is -0.137. The van der Waals surface area contributed by atoms with E-state index in [0.717, 1.165) is 29.0 Å². The quantitative estimate of drug-likeness (QED) is 0.538. The number of carbonyl (C=O) groups is 2. The van der Waals surface area contributed by atoms with Gasteiger partial charge in [-0.05, 0) is 37.3 Å². The Kier molecular flexibility index (Phi) is 6.59. The van der Waals surface area contributed by atoms with Crippen molar-refractivity contribution >= 4 is 34.5 Å². The van der Waals surface area contributed by atoms with Crippen molar-refractivity contribution in [1.29, 1.82) is 0 Å². The molecule has 0 unspecified atom stereocenters. The highest BCUT2D eigenvalue weighted by Gasteiger charge is 2.34. The van der Waals surface area contributed by atoms with E-state index < -0.39 is 29.2 Å². The zero-order valence-electron chi connectivity index (χ0n) is 16.5. The van der Waals surface area contributed by atoms with Gasteiger partial charge in [0, 0.05) is 18.0 Å². The smallest absolute Gasteiger partial charge is 0.418 e. The van der Waals surface area contributed by atoms with Gasteiger partial charge < -0.3 is 15.4 Å². The second kappa shape index (κ2) is 9.17. The van der Waals surface area contributed by atoms with Crippen molar-refractivity contribution in [3.63, 3.8) is 0 Å². The van der Waals surface area contributed by atoms with E-state index in [1.807, 2.05) is 19.1 Å². The number of hydrogen-bond acceptors (Lipinski definition) is 5. The van der Waals surface area contributed by atoms with Crippen LogP contribution in [-0.4, -0.2) is 16.8 Å². The average Bonchev–Trinajstić information content (AvgIpc) is 3.17. The van der Waals surface area contributed by atoms with E-state index in [9.17, 15) is 22.8 Å². The molecule has 2 amide bonds. The monoisotopic (exact) mass is 449 g/mol. The Morgan fingerprint density at radius 3 is 2.45 bits per heavy atom. The van der Waals surface area contributed by atoms with Crippen molar-refractivity contribution in [1.82, 2.24) is 4.98 Å². The van der Waals surface area contributed by atoms with Gasteiger partial charge in [0.1, 0.15) is 23.1 Å². The molecular formula is C21H18F3N3O3S. The summed E-state index contributed by atoms with van der Waals surface area (Å²) >= 11 is 1.16. The van der Waals surface area contributed by atoms with Gasteiger partial charge in [-0.15, -0.1) is 11.3 Å². The van der Waals surface area contributed by atoms with Gasteiger partial charge in [-0.25, -0.2) is 4.98 Å². The van der Waals surface area contributed by atoms with Crippen LogP contribution in [0.5, 0.6) is 5.75 Å². The normalized spacial score (nSPS) is 11.1. The van der Waals surface area contributed by atoms with Gasteiger partial charge in [0.05, 0.1) is 11.3 Å². The average molecular weight is 449 g/mol. The number of alkyl halides is 3. The number of rotatable bonds is 6. The zero-order valence-corrected chi connectivity index (χ0v) is 17.4. The fourth-order valence-electron chi connectivity index (χ4n) is 2.62. The molecule has 31 heavy (non-hydrogen) atoms. The maximum Gasteiger partial charge on any atom is 0.418 e. The van der Waals surface area contributed by atoms with Crippen molar-refractivity contribution in [3.05, 3.63) is 69.7 Å². The molecule has 2 N–H and O–H groups in total. The Balaban J connectivity index is 1.71. The summed E-state index contributed by atoms with van der Waals surface area (Å²) in [6.07, 6.45) is -4.73. The van der Waals surface area contributed by atoms with Crippen molar-refractivity contribution in [2.24, 2.45) is 0 Å². The molecule has 0 aliphatic rings.